The van der Waals surface area contributed by atoms with Gasteiger partial charge in [-0.05, 0) is 62.4 Å². The van der Waals surface area contributed by atoms with Crippen LogP contribution >= 0.6 is 0 Å². The molecule has 4 aromatic rings. The van der Waals surface area contributed by atoms with Crippen molar-refractivity contribution in [2.75, 3.05) is 58.5 Å². The summed E-state index contributed by atoms with van der Waals surface area (Å²) in [7, 11) is 3.42. The van der Waals surface area contributed by atoms with Crippen LogP contribution in [0.4, 0.5) is 19.0 Å². The molecule has 3 saturated heterocycles. The molecule has 2 aromatic heterocycles. The second-order valence-corrected chi connectivity index (χ2v) is 13.4. The van der Waals surface area contributed by atoms with Crippen LogP contribution in [0.2, 0.25) is 0 Å². The number of hydrogen-bond donors (Lipinski definition) is 2. The van der Waals surface area contributed by atoms with Crippen LogP contribution in [0.25, 0.3) is 32.9 Å². The Morgan fingerprint density at radius 1 is 1.11 bits per heavy atom. The van der Waals surface area contributed by atoms with E-state index >= 15 is 4.39 Å². The predicted molar refractivity (Wildman–Crippen MR) is 174 cm³/mol. The largest absolute Gasteiger partial charge is 0.508 e. The van der Waals surface area contributed by atoms with Crippen molar-refractivity contribution in [1.29, 1.82) is 0 Å². The molecule has 0 spiro atoms. The molecule has 4 atom stereocenters. The van der Waals surface area contributed by atoms with Crippen molar-refractivity contribution < 1.29 is 27.8 Å². The maximum Gasteiger partial charge on any atom is 0.319 e. The number of pyridine rings is 1. The smallest absolute Gasteiger partial charge is 0.319 e. The van der Waals surface area contributed by atoms with Crippen molar-refractivity contribution in [3.05, 3.63) is 41.5 Å². The first-order valence-corrected chi connectivity index (χ1v) is 15.9. The molecule has 47 heavy (non-hydrogen) atoms. The summed E-state index contributed by atoms with van der Waals surface area (Å²) in [6, 6.07) is 5.81. The summed E-state index contributed by atoms with van der Waals surface area (Å²) in [5.41, 5.74) is -0.872. The quantitative estimate of drug-likeness (QED) is 0.267. The number of benzene rings is 2. The fraction of sp³-hybridized carbons (Fsp3) is 0.457. The number of hydrogen-bond acceptors (Lipinski definition) is 9. The van der Waals surface area contributed by atoms with Gasteiger partial charge in [0.15, 0.2) is 5.82 Å². The normalized spacial score (nSPS) is 24.5. The number of likely N-dealkylation sites (tertiary alicyclic amines) is 1. The Balaban J connectivity index is 1.43. The maximum atomic E-state index is 17.0. The van der Waals surface area contributed by atoms with E-state index in [9.17, 15) is 13.9 Å². The maximum absolute atomic E-state index is 17.0. The molecule has 5 heterocycles. The molecule has 12 heteroatoms. The molecule has 2 bridgehead atoms. The Bertz CT molecular complexity index is 1910. The van der Waals surface area contributed by atoms with E-state index < -0.39 is 23.7 Å². The minimum absolute atomic E-state index is 0.0531. The van der Waals surface area contributed by atoms with Crippen LogP contribution < -0.4 is 19.7 Å². The van der Waals surface area contributed by atoms with Crippen LogP contribution in [0.1, 0.15) is 31.7 Å². The molecule has 0 aliphatic carbocycles. The molecule has 0 unspecified atom stereocenters. The highest BCUT2D eigenvalue weighted by Gasteiger charge is 2.40. The topological polar surface area (TPSA) is 95.9 Å². The summed E-state index contributed by atoms with van der Waals surface area (Å²) in [5.74, 6) is 0.946. The number of ether oxygens (including phenoxy) is 2. The van der Waals surface area contributed by atoms with Crippen molar-refractivity contribution in [3.63, 3.8) is 0 Å². The average molecular weight is 647 g/mol. The number of phenolic OH excluding ortho intramolecular Hbond substituents is 1. The number of aromatic hydroxyl groups is 1. The van der Waals surface area contributed by atoms with Crippen molar-refractivity contribution in [1.82, 2.24) is 25.2 Å². The Hall–Kier alpha value is -4.34. The number of piperidine rings is 1. The first-order valence-electron chi connectivity index (χ1n) is 15.9. The molecule has 0 radical (unpaired) electrons. The number of methoxy groups -OCH3 is 1. The number of halogens is 3. The molecular weight excluding hydrogens is 609 g/mol. The van der Waals surface area contributed by atoms with Crippen LogP contribution in [0.3, 0.4) is 0 Å². The zero-order chi connectivity index (χ0) is 33.0. The second-order valence-electron chi connectivity index (χ2n) is 13.4. The van der Waals surface area contributed by atoms with Gasteiger partial charge in [0.05, 0.1) is 26.0 Å². The van der Waals surface area contributed by atoms with Gasteiger partial charge in [0.25, 0.3) is 0 Å². The number of aromatic nitrogens is 3. The number of nitrogens with zero attached hydrogens (tertiary/aromatic N) is 5. The van der Waals surface area contributed by atoms with Crippen molar-refractivity contribution >= 4 is 27.5 Å². The van der Waals surface area contributed by atoms with E-state index in [0.717, 1.165) is 19.4 Å². The number of phenols is 1. The molecule has 2 aromatic carbocycles. The summed E-state index contributed by atoms with van der Waals surface area (Å²) < 4.78 is 58.1. The van der Waals surface area contributed by atoms with Gasteiger partial charge in [0, 0.05) is 48.1 Å². The van der Waals surface area contributed by atoms with Crippen LogP contribution in [0.5, 0.6) is 17.6 Å². The highest BCUT2D eigenvalue weighted by molar-refractivity contribution is 6.04. The Labute approximate surface area is 271 Å². The Morgan fingerprint density at radius 3 is 2.57 bits per heavy atom. The highest BCUT2D eigenvalue weighted by Crippen LogP contribution is 2.43. The molecule has 3 aliphatic rings. The van der Waals surface area contributed by atoms with Crippen molar-refractivity contribution in [3.8, 4) is 41.2 Å². The Kier molecular flexibility index (Phi) is 8.00. The zero-order valence-electron chi connectivity index (χ0n) is 26.6. The molecule has 0 amide bonds. The fourth-order valence-corrected chi connectivity index (χ4v) is 7.65. The first kappa shape index (κ1) is 31.3. The lowest BCUT2D eigenvalue weighted by atomic mass is 9.73. The van der Waals surface area contributed by atoms with Crippen LogP contribution in [0, 0.1) is 35.3 Å². The summed E-state index contributed by atoms with van der Waals surface area (Å²) in [5, 5.41) is 15.1. The molecule has 3 aliphatic heterocycles. The summed E-state index contributed by atoms with van der Waals surface area (Å²) >= 11 is 0. The van der Waals surface area contributed by atoms with E-state index in [1.165, 1.54) is 31.4 Å². The molecule has 2 N–H and O–H groups in total. The monoisotopic (exact) mass is 646 g/mol. The van der Waals surface area contributed by atoms with Gasteiger partial charge in [-0.1, -0.05) is 18.9 Å². The number of alkyl halides is 1. The first-order chi connectivity index (χ1) is 22.6. The van der Waals surface area contributed by atoms with E-state index in [4.69, 9.17) is 20.9 Å². The third kappa shape index (κ3) is 5.45. The summed E-state index contributed by atoms with van der Waals surface area (Å²) in [6.45, 7) is 4.32. The van der Waals surface area contributed by atoms with E-state index in [0.29, 0.717) is 37.3 Å². The van der Waals surface area contributed by atoms with Gasteiger partial charge in [-0.25, -0.2) is 13.8 Å². The molecule has 3 fully saturated rings. The minimum atomic E-state index is -0.836. The van der Waals surface area contributed by atoms with Crippen LogP contribution in [-0.4, -0.2) is 90.7 Å². The van der Waals surface area contributed by atoms with E-state index in [2.05, 4.69) is 31.0 Å². The molecule has 7 rings (SSSR count). The van der Waals surface area contributed by atoms with E-state index in [1.807, 2.05) is 14.0 Å². The lowest BCUT2D eigenvalue weighted by Gasteiger charge is -2.43. The SMILES string of the molecule is C#Cc1c(F)ccc2cc(O)cc(-c3nc(OC)c4c(N5C[C@H]6CC[C@@H](C5)N6)nc(OC[C@]5(C)CN(C)CC[C@@H]5CF)nc4c3F)c12. The van der Waals surface area contributed by atoms with Gasteiger partial charge in [-0.3, -0.25) is 4.39 Å². The average Bonchev–Trinajstić information content (AvgIpc) is 3.40. The van der Waals surface area contributed by atoms with Crippen LogP contribution in [0.15, 0.2) is 24.3 Å². The number of rotatable bonds is 7. The number of terminal acetylenes is 1. The van der Waals surface area contributed by atoms with Gasteiger partial charge < -0.3 is 29.7 Å². The zero-order valence-corrected chi connectivity index (χ0v) is 26.6. The number of anilines is 1. The molecule has 9 nitrogen and oxygen atoms in total. The highest BCUT2D eigenvalue weighted by atomic mass is 19.1. The number of fused-ring (bicyclic) bond motifs is 4. The van der Waals surface area contributed by atoms with Crippen molar-refractivity contribution in [2.45, 2.75) is 38.3 Å². The third-order valence-electron chi connectivity index (χ3n) is 10.1. The molecule has 0 saturated carbocycles. The van der Waals surface area contributed by atoms with Gasteiger partial charge in [-0.2, -0.15) is 9.97 Å². The summed E-state index contributed by atoms with van der Waals surface area (Å²) in [4.78, 5) is 18.2. The third-order valence-corrected chi connectivity index (χ3v) is 10.1. The van der Waals surface area contributed by atoms with E-state index in [-0.39, 0.29) is 75.4 Å². The lowest BCUT2D eigenvalue weighted by Crippen LogP contribution is -2.51. The predicted octanol–water partition coefficient (Wildman–Crippen LogP) is 5.07. The number of nitrogens with one attached hydrogen (secondary N) is 1. The van der Waals surface area contributed by atoms with Gasteiger partial charge in [0.2, 0.25) is 5.88 Å². The molecule has 246 valence electrons. The fourth-order valence-electron chi connectivity index (χ4n) is 7.65. The van der Waals surface area contributed by atoms with Gasteiger partial charge in [0.1, 0.15) is 34.0 Å². The van der Waals surface area contributed by atoms with Crippen LogP contribution in [-0.2, 0) is 0 Å². The molecular formula is C35H37F3N6O3. The van der Waals surface area contributed by atoms with E-state index in [1.54, 1.807) is 0 Å². The van der Waals surface area contributed by atoms with Gasteiger partial charge >= 0.3 is 6.01 Å². The van der Waals surface area contributed by atoms with Gasteiger partial charge in [-0.15, -0.1) is 6.42 Å². The lowest BCUT2D eigenvalue weighted by molar-refractivity contribution is 0.000321. The standard InChI is InChI=1S/C35H37F3N6O3/c1-5-24-26(37)9-6-19-12-23(45)13-25(27(19)24)30-29(38)31-28(33(40-30)46-4)32(44-15-21-7-8-22(16-44)39-21)42-34(41-31)47-18-35(2)17-43(3)11-10-20(35)14-36/h1,6,9,12-13,20-22,39,45H,7-8,10-11,14-18H2,2-4H3/t20-,21-,22+,35+/m1/s1. The minimum Gasteiger partial charge on any atom is -0.508 e. The van der Waals surface area contributed by atoms with Crippen molar-refractivity contribution in [2.24, 2.45) is 11.3 Å². The second kappa shape index (κ2) is 12.0. The summed E-state index contributed by atoms with van der Waals surface area (Å²) in [6.07, 6.45) is 8.42. The number of piperazine rings is 1. The Morgan fingerprint density at radius 2 is 1.87 bits per heavy atom.